The van der Waals surface area contributed by atoms with E-state index in [1.165, 1.54) is 12.8 Å². The fraction of sp³-hybridized carbons (Fsp3) is 0.714. The zero-order valence-corrected chi connectivity index (χ0v) is 11.9. The summed E-state index contributed by atoms with van der Waals surface area (Å²) < 4.78 is 0. The lowest BCUT2D eigenvalue weighted by atomic mass is 9.82. The molecule has 1 saturated carbocycles. The standard InChI is InChI=1S/C14H21NO2S/c1-3-4-11-15-12(14(16)17)13(18-11)10-7-5-9(2)6-8-10/h9-10H,3-8H2,1-2H3,(H,16,17). The average molecular weight is 267 g/mol. The molecule has 0 saturated heterocycles. The van der Waals surface area contributed by atoms with E-state index in [1.54, 1.807) is 11.3 Å². The molecule has 0 amide bonds. The Kier molecular flexibility index (Phi) is 4.38. The van der Waals surface area contributed by atoms with Gasteiger partial charge in [0.15, 0.2) is 5.69 Å². The number of nitrogens with zero attached hydrogens (tertiary/aromatic N) is 1. The van der Waals surface area contributed by atoms with E-state index < -0.39 is 5.97 Å². The maximum atomic E-state index is 11.3. The molecule has 1 fully saturated rings. The van der Waals surface area contributed by atoms with Gasteiger partial charge in [-0.05, 0) is 37.5 Å². The second kappa shape index (κ2) is 5.83. The predicted molar refractivity (Wildman–Crippen MR) is 73.4 cm³/mol. The van der Waals surface area contributed by atoms with Crippen molar-refractivity contribution < 1.29 is 9.90 Å². The van der Waals surface area contributed by atoms with Gasteiger partial charge in [0.25, 0.3) is 0 Å². The molecule has 2 rings (SSSR count). The topological polar surface area (TPSA) is 50.2 Å². The van der Waals surface area contributed by atoms with Crippen LogP contribution in [0.15, 0.2) is 0 Å². The Morgan fingerprint density at radius 2 is 2.06 bits per heavy atom. The highest BCUT2D eigenvalue weighted by Gasteiger charge is 2.27. The van der Waals surface area contributed by atoms with Crippen molar-refractivity contribution in [3.05, 3.63) is 15.6 Å². The zero-order valence-electron chi connectivity index (χ0n) is 11.1. The molecule has 1 aliphatic carbocycles. The van der Waals surface area contributed by atoms with Crippen LogP contribution < -0.4 is 0 Å². The smallest absolute Gasteiger partial charge is 0.355 e. The number of aromatic carboxylic acids is 1. The number of thiazole rings is 1. The Labute approximate surface area is 112 Å². The summed E-state index contributed by atoms with van der Waals surface area (Å²) in [6, 6.07) is 0. The van der Waals surface area contributed by atoms with Gasteiger partial charge >= 0.3 is 5.97 Å². The first-order chi connectivity index (χ1) is 8.61. The van der Waals surface area contributed by atoms with E-state index >= 15 is 0 Å². The molecule has 4 heteroatoms. The molecule has 1 N–H and O–H groups in total. The van der Waals surface area contributed by atoms with Crippen molar-refractivity contribution in [3.63, 3.8) is 0 Å². The van der Waals surface area contributed by atoms with Crippen LogP contribution in [0.3, 0.4) is 0 Å². The molecule has 1 aromatic rings. The van der Waals surface area contributed by atoms with Gasteiger partial charge in [0.1, 0.15) is 0 Å². The van der Waals surface area contributed by atoms with Gasteiger partial charge in [-0.25, -0.2) is 9.78 Å². The maximum Gasteiger partial charge on any atom is 0.355 e. The number of hydrogen-bond donors (Lipinski definition) is 1. The van der Waals surface area contributed by atoms with E-state index in [2.05, 4.69) is 18.8 Å². The van der Waals surface area contributed by atoms with E-state index in [1.807, 2.05) is 0 Å². The van der Waals surface area contributed by atoms with Crippen molar-refractivity contribution >= 4 is 17.3 Å². The molecule has 1 heterocycles. The molecule has 0 aromatic carbocycles. The molecular weight excluding hydrogens is 246 g/mol. The van der Waals surface area contributed by atoms with E-state index in [0.717, 1.165) is 41.5 Å². The molecule has 3 nitrogen and oxygen atoms in total. The van der Waals surface area contributed by atoms with Crippen LogP contribution in [0.2, 0.25) is 0 Å². The van der Waals surface area contributed by atoms with Crippen LogP contribution in [-0.2, 0) is 6.42 Å². The van der Waals surface area contributed by atoms with Gasteiger partial charge in [-0.3, -0.25) is 0 Å². The minimum atomic E-state index is -0.859. The molecule has 0 radical (unpaired) electrons. The highest BCUT2D eigenvalue weighted by Crippen LogP contribution is 2.39. The lowest BCUT2D eigenvalue weighted by molar-refractivity contribution is 0.0689. The number of hydrogen-bond acceptors (Lipinski definition) is 3. The largest absolute Gasteiger partial charge is 0.476 e. The van der Waals surface area contributed by atoms with Crippen molar-refractivity contribution in [3.8, 4) is 0 Å². The Morgan fingerprint density at radius 1 is 1.39 bits per heavy atom. The molecule has 0 unspecified atom stereocenters. The van der Waals surface area contributed by atoms with Gasteiger partial charge in [0.05, 0.1) is 5.01 Å². The Balaban J connectivity index is 2.22. The summed E-state index contributed by atoms with van der Waals surface area (Å²) >= 11 is 1.63. The summed E-state index contributed by atoms with van der Waals surface area (Å²) in [5.41, 5.74) is 0.322. The van der Waals surface area contributed by atoms with Crippen molar-refractivity contribution in [2.24, 2.45) is 5.92 Å². The van der Waals surface area contributed by atoms with Gasteiger partial charge in [0.2, 0.25) is 0 Å². The number of rotatable bonds is 4. The summed E-state index contributed by atoms with van der Waals surface area (Å²) in [4.78, 5) is 16.6. The highest BCUT2D eigenvalue weighted by molar-refractivity contribution is 7.12. The quantitative estimate of drug-likeness (QED) is 0.894. The van der Waals surface area contributed by atoms with Crippen LogP contribution in [0, 0.1) is 5.92 Å². The monoisotopic (exact) mass is 267 g/mol. The molecule has 0 atom stereocenters. The van der Waals surface area contributed by atoms with Gasteiger partial charge in [0, 0.05) is 4.88 Å². The first-order valence-electron chi connectivity index (χ1n) is 6.84. The zero-order chi connectivity index (χ0) is 13.1. The van der Waals surface area contributed by atoms with E-state index in [4.69, 9.17) is 0 Å². The Hall–Kier alpha value is -0.900. The number of carbonyl (C=O) groups is 1. The predicted octanol–water partition coefficient (Wildman–Crippen LogP) is 4.09. The molecule has 1 aromatic heterocycles. The SMILES string of the molecule is CCCc1nc(C(=O)O)c(C2CCC(C)CC2)s1. The molecular formula is C14H21NO2S. The minimum absolute atomic E-state index is 0.322. The van der Waals surface area contributed by atoms with Crippen molar-refractivity contribution in [2.75, 3.05) is 0 Å². The minimum Gasteiger partial charge on any atom is -0.476 e. The molecule has 0 spiro atoms. The van der Waals surface area contributed by atoms with E-state index in [0.29, 0.717) is 11.6 Å². The third kappa shape index (κ3) is 2.91. The summed E-state index contributed by atoms with van der Waals surface area (Å²) in [5, 5.41) is 10.3. The number of aromatic nitrogens is 1. The molecule has 0 aliphatic heterocycles. The third-order valence-electron chi connectivity index (χ3n) is 3.75. The Bertz CT molecular complexity index is 419. The lowest BCUT2D eigenvalue weighted by Gasteiger charge is -2.25. The normalized spacial score (nSPS) is 24.1. The number of carboxylic acid groups (broad SMARTS) is 1. The fourth-order valence-corrected chi connectivity index (χ4v) is 3.98. The molecule has 18 heavy (non-hydrogen) atoms. The highest BCUT2D eigenvalue weighted by atomic mass is 32.1. The van der Waals surface area contributed by atoms with Crippen molar-refractivity contribution in [2.45, 2.75) is 58.3 Å². The van der Waals surface area contributed by atoms with Crippen LogP contribution in [0.25, 0.3) is 0 Å². The first-order valence-corrected chi connectivity index (χ1v) is 7.66. The third-order valence-corrected chi connectivity index (χ3v) is 5.03. The first kappa shape index (κ1) is 13.5. The van der Waals surface area contributed by atoms with Gasteiger partial charge in [-0.1, -0.05) is 26.7 Å². The van der Waals surface area contributed by atoms with Crippen molar-refractivity contribution in [1.29, 1.82) is 0 Å². The van der Waals surface area contributed by atoms with E-state index in [-0.39, 0.29) is 0 Å². The molecule has 100 valence electrons. The molecule has 0 bridgehead atoms. The number of aryl methyl sites for hydroxylation is 1. The van der Waals surface area contributed by atoms with Crippen LogP contribution in [-0.4, -0.2) is 16.1 Å². The maximum absolute atomic E-state index is 11.3. The summed E-state index contributed by atoms with van der Waals surface area (Å²) in [6.07, 6.45) is 6.58. The van der Waals surface area contributed by atoms with Crippen LogP contribution in [0.1, 0.15) is 72.2 Å². The summed E-state index contributed by atoms with van der Waals surface area (Å²) in [5.74, 6) is 0.357. The average Bonchev–Trinajstić information content (AvgIpc) is 2.75. The second-order valence-electron chi connectivity index (χ2n) is 5.33. The number of carboxylic acids is 1. The van der Waals surface area contributed by atoms with Crippen LogP contribution in [0.4, 0.5) is 0 Å². The molecule has 1 aliphatic rings. The van der Waals surface area contributed by atoms with Gasteiger partial charge in [-0.15, -0.1) is 11.3 Å². The van der Waals surface area contributed by atoms with Crippen LogP contribution in [0.5, 0.6) is 0 Å². The van der Waals surface area contributed by atoms with Crippen molar-refractivity contribution in [1.82, 2.24) is 4.98 Å². The van der Waals surface area contributed by atoms with Crippen LogP contribution >= 0.6 is 11.3 Å². The van der Waals surface area contributed by atoms with Gasteiger partial charge in [-0.2, -0.15) is 0 Å². The van der Waals surface area contributed by atoms with Gasteiger partial charge < -0.3 is 5.11 Å². The second-order valence-corrected chi connectivity index (χ2v) is 6.45. The fourth-order valence-electron chi connectivity index (χ4n) is 2.65. The Morgan fingerprint density at radius 3 is 2.61 bits per heavy atom. The lowest BCUT2D eigenvalue weighted by Crippen LogP contribution is -2.12. The summed E-state index contributed by atoms with van der Waals surface area (Å²) in [7, 11) is 0. The summed E-state index contributed by atoms with van der Waals surface area (Å²) in [6.45, 7) is 4.38. The van der Waals surface area contributed by atoms with E-state index in [9.17, 15) is 9.90 Å².